The number of aliphatic carboxylic acids is 1. The second kappa shape index (κ2) is 10.8. The molecule has 0 aliphatic heterocycles. The highest BCUT2D eigenvalue weighted by Crippen LogP contribution is 2.33. The number of aromatic nitrogens is 1. The Balaban J connectivity index is 1.68. The van der Waals surface area contributed by atoms with Gasteiger partial charge in [0.05, 0.1) is 0 Å². The fourth-order valence-corrected chi connectivity index (χ4v) is 5.14. The molecule has 1 saturated carbocycles. The van der Waals surface area contributed by atoms with Crippen LogP contribution in [-0.4, -0.2) is 28.0 Å². The van der Waals surface area contributed by atoms with Gasteiger partial charge in [0.15, 0.2) is 0 Å². The number of carbonyl (C=O) groups is 2. The third-order valence-corrected chi connectivity index (χ3v) is 7.42. The molecule has 1 aromatic heterocycles. The molecular weight excluding hydrogens is 476 g/mol. The van der Waals surface area contributed by atoms with Crippen LogP contribution in [0.3, 0.4) is 0 Å². The monoisotopic (exact) mass is 516 g/mol. The second-order valence-electron chi connectivity index (χ2n) is 12.7. The summed E-state index contributed by atoms with van der Waals surface area (Å²) in [7, 11) is 0. The highest BCUT2D eigenvalue weighted by molar-refractivity contribution is 5.99. The topological polar surface area (TPSA) is 88.5 Å². The summed E-state index contributed by atoms with van der Waals surface area (Å²) in [6.45, 7) is 11.9. The van der Waals surface area contributed by atoms with Crippen molar-refractivity contribution in [3.05, 3.63) is 65.5 Å². The largest absolute Gasteiger partial charge is 0.480 e. The van der Waals surface area contributed by atoms with Crippen LogP contribution in [0.2, 0.25) is 0 Å². The van der Waals surface area contributed by atoms with E-state index < -0.39 is 23.3 Å². The van der Waals surface area contributed by atoms with E-state index in [1.54, 1.807) is 26.8 Å². The minimum atomic E-state index is -1.06. The van der Waals surface area contributed by atoms with Gasteiger partial charge in [-0.05, 0) is 70.5 Å². The zero-order valence-corrected chi connectivity index (χ0v) is 23.4. The van der Waals surface area contributed by atoms with Crippen LogP contribution in [0.4, 0.5) is 0 Å². The molecule has 1 aliphatic rings. The molecule has 38 heavy (non-hydrogen) atoms. The van der Waals surface area contributed by atoms with Crippen molar-refractivity contribution in [3.8, 4) is 11.5 Å². The van der Waals surface area contributed by atoms with Gasteiger partial charge >= 0.3 is 5.97 Å². The van der Waals surface area contributed by atoms with Crippen molar-refractivity contribution >= 4 is 22.6 Å². The van der Waals surface area contributed by atoms with Gasteiger partial charge in [-0.3, -0.25) is 4.79 Å². The van der Waals surface area contributed by atoms with Crippen molar-refractivity contribution < 1.29 is 19.4 Å². The summed E-state index contributed by atoms with van der Waals surface area (Å²) in [4.78, 5) is 29.9. The molecule has 4 rings (SSSR count). The van der Waals surface area contributed by atoms with E-state index in [2.05, 4.69) is 38.2 Å². The molecule has 1 fully saturated rings. The molecule has 6 nitrogen and oxygen atoms in total. The zero-order chi connectivity index (χ0) is 27.7. The van der Waals surface area contributed by atoms with Gasteiger partial charge in [0.2, 0.25) is 0 Å². The second-order valence-corrected chi connectivity index (χ2v) is 12.7. The van der Waals surface area contributed by atoms with E-state index in [1.165, 1.54) is 18.4 Å². The van der Waals surface area contributed by atoms with E-state index in [0.717, 1.165) is 41.5 Å². The quantitative estimate of drug-likeness (QED) is 0.344. The Hall–Kier alpha value is -3.41. The van der Waals surface area contributed by atoms with E-state index >= 15 is 0 Å². The lowest BCUT2D eigenvalue weighted by atomic mass is 9.86. The average molecular weight is 517 g/mol. The number of fused-ring (bicyclic) bond motifs is 1. The number of carboxylic acids is 1. The number of carboxylic acid groups (broad SMARTS) is 1. The fraction of sp³-hybridized carbons (Fsp3) is 0.469. The summed E-state index contributed by atoms with van der Waals surface area (Å²) >= 11 is 0. The third-order valence-electron chi connectivity index (χ3n) is 7.42. The maximum absolute atomic E-state index is 13.3. The first kappa shape index (κ1) is 27.6. The Morgan fingerprint density at radius 2 is 1.61 bits per heavy atom. The van der Waals surface area contributed by atoms with Crippen LogP contribution in [0.5, 0.6) is 11.5 Å². The number of hydrogen-bond donors (Lipinski definition) is 2. The van der Waals surface area contributed by atoms with E-state index in [9.17, 15) is 14.7 Å². The smallest absolute Gasteiger partial charge is 0.326 e. The number of hydrogen-bond acceptors (Lipinski definition) is 4. The number of nitrogens with one attached hydrogen (secondary N) is 1. The first-order valence-corrected chi connectivity index (χ1v) is 13.6. The number of rotatable bonds is 7. The summed E-state index contributed by atoms with van der Waals surface area (Å²) in [5.74, 6) is 0.410. The summed E-state index contributed by atoms with van der Waals surface area (Å²) in [5, 5.41) is 14.3. The minimum Gasteiger partial charge on any atom is -0.480 e. The molecule has 0 saturated heterocycles. The van der Waals surface area contributed by atoms with E-state index in [-0.39, 0.29) is 11.1 Å². The van der Waals surface area contributed by atoms with Gasteiger partial charge in [-0.2, -0.15) is 0 Å². The highest BCUT2D eigenvalue weighted by atomic mass is 16.5. The van der Waals surface area contributed by atoms with Crippen LogP contribution in [0, 0.1) is 11.3 Å². The molecule has 2 aromatic carbocycles. The van der Waals surface area contributed by atoms with Crippen LogP contribution in [0.25, 0.3) is 10.8 Å². The van der Waals surface area contributed by atoms with Crippen molar-refractivity contribution in [2.75, 3.05) is 0 Å². The summed E-state index contributed by atoms with van der Waals surface area (Å²) in [6, 6.07) is 14.7. The van der Waals surface area contributed by atoms with Gasteiger partial charge in [0.1, 0.15) is 23.2 Å². The Bertz CT molecular complexity index is 1310. The van der Waals surface area contributed by atoms with Gasteiger partial charge in [-0.25, -0.2) is 9.78 Å². The number of amides is 1. The number of ether oxygens (including phenoxy) is 1. The van der Waals surface area contributed by atoms with Crippen LogP contribution < -0.4 is 10.1 Å². The van der Waals surface area contributed by atoms with Crippen LogP contribution >= 0.6 is 0 Å². The van der Waals surface area contributed by atoms with Crippen molar-refractivity contribution in [1.29, 1.82) is 0 Å². The molecule has 1 aliphatic carbocycles. The average Bonchev–Trinajstić information content (AvgIpc) is 3.34. The van der Waals surface area contributed by atoms with Crippen molar-refractivity contribution in [2.24, 2.45) is 11.3 Å². The van der Waals surface area contributed by atoms with Crippen LogP contribution in [0.1, 0.15) is 89.0 Å². The number of nitrogens with zero attached hydrogens (tertiary/aromatic N) is 1. The molecule has 0 unspecified atom stereocenters. The normalized spacial score (nSPS) is 15.4. The van der Waals surface area contributed by atoms with Gasteiger partial charge in [-0.15, -0.1) is 0 Å². The Morgan fingerprint density at radius 1 is 0.974 bits per heavy atom. The van der Waals surface area contributed by atoms with E-state index in [4.69, 9.17) is 9.72 Å². The Morgan fingerprint density at radius 3 is 2.18 bits per heavy atom. The summed E-state index contributed by atoms with van der Waals surface area (Å²) in [6.07, 6.45) is 5.57. The standard InChI is InChI=1S/C32H40N2O4/c1-31(2,3)22-11-13-23(14-12-22)38-24-15-16-25-21(18-24)19-27(33-26(25)17-20-9-7-8-10-20)29(35)34-28(30(36)37)32(4,5)6/h11-16,18-20,28H,7-10,17H2,1-6H3,(H,34,35)(H,36,37)/t28-/m1/s1. The van der Waals surface area contributed by atoms with Crippen LogP contribution in [0.15, 0.2) is 48.5 Å². The SMILES string of the molecule is CC(C)(C)c1ccc(Oc2ccc3c(CC4CCCC4)nc(C(=O)N[C@H](C(=O)O)C(C)(C)C)cc3c2)cc1. The van der Waals surface area contributed by atoms with Crippen LogP contribution in [-0.2, 0) is 16.6 Å². The number of pyridine rings is 1. The van der Waals surface area contributed by atoms with Gasteiger partial charge in [0, 0.05) is 11.1 Å². The van der Waals surface area contributed by atoms with Gasteiger partial charge in [0.25, 0.3) is 5.91 Å². The van der Waals surface area contributed by atoms with E-state index in [0.29, 0.717) is 11.7 Å². The molecule has 0 bridgehead atoms. The first-order chi connectivity index (χ1) is 17.8. The number of benzene rings is 2. The summed E-state index contributed by atoms with van der Waals surface area (Å²) < 4.78 is 6.17. The Kier molecular flexibility index (Phi) is 7.82. The lowest BCUT2D eigenvalue weighted by Gasteiger charge is -2.27. The van der Waals surface area contributed by atoms with Gasteiger partial charge < -0.3 is 15.2 Å². The lowest BCUT2D eigenvalue weighted by molar-refractivity contribution is -0.142. The molecule has 1 heterocycles. The third kappa shape index (κ3) is 6.53. The molecule has 202 valence electrons. The van der Waals surface area contributed by atoms with Crippen molar-refractivity contribution in [2.45, 2.75) is 85.1 Å². The van der Waals surface area contributed by atoms with Crippen molar-refractivity contribution in [1.82, 2.24) is 10.3 Å². The van der Waals surface area contributed by atoms with Gasteiger partial charge in [-0.1, -0.05) is 79.4 Å². The predicted molar refractivity (Wildman–Crippen MR) is 151 cm³/mol. The predicted octanol–water partition coefficient (Wildman–Crippen LogP) is 7.29. The molecule has 1 atom stereocenters. The molecule has 0 radical (unpaired) electrons. The van der Waals surface area contributed by atoms with Crippen molar-refractivity contribution in [3.63, 3.8) is 0 Å². The molecule has 2 N–H and O–H groups in total. The zero-order valence-electron chi connectivity index (χ0n) is 23.4. The number of carbonyl (C=O) groups excluding carboxylic acids is 1. The molecule has 1 amide bonds. The highest BCUT2D eigenvalue weighted by Gasteiger charge is 2.33. The summed E-state index contributed by atoms with van der Waals surface area (Å²) in [5.41, 5.74) is 1.76. The Labute approximate surface area is 225 Å². The fourth-order valence-electron chi connectivity index (χ4n) is 5.14. The molecular formula is C32H40N2O4. The molecule has 0 spiro atoms. The van der Waals surface area contributed by atoms with E-state index in [1.807, 2.05) is 30.3 Å². The first-order valence-electron chi connectivity index (χ1n) is 13.6. The molecule has 6 heteroatoms. The maximum atomic E-state index is 13.3. The lowest BCUT2D eigenvalue weighted by Crippen LogP contribution is -2.49. The maximum Gasteiger partial charge on any atom is 0.326 e. The minimum absolute atomic E-state index is 0.0633. The molecule has 3 aromatic rings.